The third kappa shape index (κ3) is 6.77. The number of halogens is 1. The first-order chi connectivity index (χ1) is 23.1. The topological polar surface area (TPSA) is 115 Å². The Morgan fingerprint density at radius 2 is 1.90 bits per heavy atom. The summed E-state index contributed by atoms with van der Waals surface area (Å²) in [7, 11) is 0. The lowest BCUT2D eigenvalue weighted by Crippen LogP contribution is -2.37. The van der Waals surface area contributed by atoms with Crippen LogP contribution >= 0.6 is 11.6 Å². The number of morpholine rings is 1. The van der Waals surface area contributed by atoms with Crippen molar-refractivity contribution in [2.24, 2.45) is 17.8 Å². The predicted molar refractivity (Wildman–Crippen MR) is 188 cm³/mol. The summed E-state index contributed by atoms with van der Waals surface area (Å²) < 4.78 is 35.4. The van der Waals surface area contributed by atoms with Crippen LogP contribution in [0.15, 0.2) is 36.4 Å². The molecule has 2 fully saturated rings. The minimum Gasteiger partial charge on any atom is -0.459 e. The van der Waals surface area contributed by atoms with Gasteiger partial charge in [0.2, 0.25) is 5.69 Å². The van der Waals surface area contributed by atoms with E-state index < -0.39 is 17.2 Å². The number of anilines is 2. The molecule has 0 bridgehead atoms. The molecule has 1 saturated carbocycles. The molecule has 1 saturated heterocycles. The van der Waals surface area contributed by atoms with Crippen LogP contribution in [0.25, 0.3) is 21.9 Å². The van der Waals surface area contributed by atoms with E-state index in [0.29, 0.717) is 55.0 Å². The molecule has 0 spiro atoms. The van der Waals surface area contributed by atoms with E-state index >= 15 is 0 Å². The summed E-state index contributed by atoms with van der Waals surface area (Å²) >= 11 is 4.73. The summed E-state index contributed by atoms with van der Waals surface area (Å²) in [6, 6.07) is 11.5. The quantitative estimate of drug-likeness (QED) is 0.138. The van der Waals surface area contributed by atoms with Crippen LogP contribution in [0.5, 0.6) is 5.75 Å². The maximum absolute atomic E-state index is 13.7. The molecule has 2 aromatic heterocycles. The smallest absolute Gasteiger partial charge is 0.331 e. The highest BCUT2D eigenvalue weighted by Gasteiger charge is 2.36. The first-order valence-corrected chi connectivity index (χ1v) is 17.8. The highest BCUT2D eigenvalue weighted by Crippen LogP contribution is 2.40. The van der Waals surface area contributed by atoms with Crippen molar-refractivity contribution in [2.45, 2.75) is 60.0 Å². The molecule has 11 nitrogen and oxygen atoms in total. The van der Waals surface area contributed by atoms with Crippen molar-refractivity contribution < 1.29 is 22.7 Å². The van der Waals surface area contributed by atoms with Gasteiger partial charge in [0.25, 0.3) is 0 Å². The Balaban J connectivity index is 1.34. The van der Waals surface area contributed by atoms with E-state index in [4.69, 9.17) is 36.8 Å². The van der Waals surface area contributed by atoms with Gasteiger partial charge in [-0.25, -0.2) is 19.1 Å². The van der Waals surface area contributed by atoms with Crippen LogP contribution in [-0.4, -0.2) is 57.2 Å². The average Bonchev–Trinajstić information content (AvgIpc) is 3.60. The molecule has 4 aromatic rings. The number of hydrogen-bond donors (Lipinski definition) is 2. The monoisotopic (exact) mass is 692 g/mol. The third-order valence-electron chi connectivity index (χ3n) is 9.31. The first kappa shape index (κ1) is 33.8. The second-order valence-corrected chi connectivity index (χ2v) is 14.2. The molecule has 1 aliphatic carbocycles. The lowest BCUT2D eigenvalue weighted by atomic mass is 9.75. The van der Waals surface area contributed by atoms with Crippen LogP contribution < -0.4 is 13.8 Å². The van der Waals surface area contributed by atoms with Crippen molar-refractivity contribution in [3.63, 3.8) is 0 Å². The Morgan fingerprint density at radius 1 is 1.17 bits per heavy atom. The molecule has 13 heteroatoms. The number of ether oxygens (including phenoxy) is 2. The second kappa shape index (κ2) is 14.2. The average molecular weight is 693 g/mol. The van der Waals surface area contributed by atoms with Gasteiger partial charge >= 0.3 is 17.2 Å². The van der Waals surface area contributed by atoms with Crippen molar-refractivity contribution in [1.82, 2.24) is 14.6 Å². The van der Waals surface area contributed by atoms with Crippen molar-refractivity contribution >= 4 is 51.5 Å². The number of nitrogens with zero attached hydrogens (tertiary/aromatic N) is 4. The molecule has 3 unspecified atom stereocenters. The number of carbonyl (C=O) groups is 1. The fourth-order valence-electron chi connectivity index (χ4n) is 7.06. The van der Waals surface area contributed by atoms with Crippen LogP contribution in [0, 0.1) is 31.2 Å². The number of H-pyrrole nitrogens is 1. The zero-order valence-corrected chi connectivity index (χ0v) is 29.4. The second-order valence-electron chi connectivity index (χ2n) is 13.0. The van der Waals surface area contributed by atoms with E-state index in [1.54, 1.807) is 0 Å². The summed E-state index contributed by atoms with van der Waals surface area (Å²) in [5.74, 6) is 1.30. The molecule has 2 aromatic carbocycles. The molecule has 3 heterocycles. The fourth-order valence-corrected chi connectivity index (χ4v) is 8.02. The van der Waals surface area contributed by atoms with E-state index in [1.165, 1.54) is 4.52 Å². The molecule has 0 radical (unpaired) electrons. The number of nitrogens with one attached hydrogen (secondary N) is 2. The summed E-state index contributed by atoms with van der Waals surface area (Å²) in [6.07, 6.45) is 2.40. The lowest BCUT2D eigenvalue weighted by molar-refractivity contribution is -0.0249. The Hall–Kier alpha value is -4.05. The molecule has 254 valence electrons. The van der Waals surface area contributed by atoms with Gasteiger partial charge in [-0.1, -0.05) is 51.4 Å². The highest BCUT2D eigenvalue weighted by molar-refractivity contribution is 7.82. The molecule has 1 aliphatic heterocycles. The van der Waals surface area contributed by atoms with E-state index in [-0.39, 0.29) is 40.0 Å². The first-order valence-electron chi connectivity index (χ1n) is 16.4. The van der Waals surface area contributed by atoms with Gasteiger partial charge in [-0.3, -0.25) is 9.82 Å². The molecule has 0 amide bonds. The van der Waals surface area contributed by atoms with Gasteiger partial charge in [0, 0.05) is 18.7 Å². The van der Waals surface area contributed by atoms with E-state index in [0.717, 1.165) is 36.1 Å². The van der Waals surface area contributed by atoms with Crippen LogP contribution in [0.3, 0.4) is 0 Å². The van der Waals surface area contributed by atoms with Crippen LogP contribution in [0.4, 0.5) is 17.1 Å². The minimum atomic E-state index is -1.92. The number of rotatable bonds is 9. The minimum absolute atomic E-state index is 0.00314. The van der Waals surface area contributed by atoms with Crippen LogP contribution in [0.2, 0.25) is 5.15 Å². The van der Waals surface area contributed by atoms with E-state index in [1.807, 2.05) is 50.2 Å². The van der Waals surface area contributed by atoms with Crippen molar-refractivity contribution in [3.8, 4) is 17.1 Å². The number of carbonyl (C=O) groups excluding carboxylic acids is 1. The largest absolute Gasteiger partial charge is 0.459 e. The van der Waals surface area contributed by atoms with Gasteiger partial charge in [0.1, 0.15) is 22.6 Å². The molecule has 2 N–H and O–H groups in total. The van der Waals surface area contributed by atoms with Gasteiger partial charge < -0.3 is 18.6 Å². The van der Waals surface area contributed by atoms with Crippen LogP contribution in [0.1, 0.15) is 62.0 Å². The maximum atomic E-state index is 13.7. The van der Waals surface area contributed by atoms with Crippen molar-refractivity contribution in [2.75, 3.05) is 35.9 Å². The normalized spacial score (nSPS) is 21.9. The lowest BCUT2D eigenvalue weighted by Gasteiger charge is -2.37. The summed E-state index contributed by atoms with van der Waals surface area (Å²) in [5, 5.41) is 3.20. The fraction of sp³-hybridized carbons (Fsp3) is 0.457. The third-order valence-corrected chi connectivity index (χ3v) is 10.4. The number of aromatic nitrogens is 3. The zero-order valence-electron chi connectivity index (χ0n) is 27.8. The molecule has 6 rings (SSSR count). The molecule has 2 aliphatic rings. The Labute approximate surface area is 288 Å². The standard InChI is InChI=1S/C35H41ClN6O5S/c1-7-24-9-8-20(2)18-28(24)47-48(44)40-26-19-25(10-11-27(26)41-12-14-45-15-13-41)33-38-34-29(30(37-6)32(36)42(34)39-33)35(43)46-31-22(4)16-21(3)17-23(31)5/h8-11,18-19,21-23,31,40H,7,12-17H2,1-5H3,(H,38,39). The number of hydrogen-bond acceptors (Lipinski definition) is 7. The predicted octanol–water partition coefficient (Wildman–Crippen LogP) is 7.54. The van der Waals surface area contributed by atoms with Gasteiger partial charge in [-0.15, -0.1) is 0 Å². The Kier molecular flexibility index (Phi) is 10.0. The number of benzene rings is 2. The summed E-state index contributed by atoms with van der Waals surface area (Å²) in [5.41, 5.74) is 4.25. The number of fused-ring (bicyclic) bond motifs is 1. The number of aryl methyl sites for hydroxylation is 2. The Morgan fingerprint density at radius 3 is 2.58 bits per heavy atom. The molecule has 3 atom stereocenters. The highest BCUT2D eigenvalue weighted by atomic mass is 35.5. The van der Waals surface area contributed by atoms with Crippen LogP contribution in [-0.2, 0) is 27.2 Å². The number of esters is 1. The van der Waals surface area contributed by atoms with Crippen molar-refractivity contribution in [1.29, 1.82) is 0 Å². The summed E-state index contributed by atoms with van der Waals surface area (Å²) in [6.45, 7) is 20.7. The van der Waals surface area contributed by atoms with Gasteiger partial charge in [-0.05, 0) is 79.3 Å². The number of aromatic amines is 1. The van der Waals surface area contributed by atoms with Crippen molar-refractivity contribution in [3.05, 3.63) is 69.7 Å². The molecular weight excluding hydrogens is 652 g/mol. The maximum Gasteiger partial charge on any atom is 0.331 e. The Bertz CT molecular complexity index is 1880. The van der Waals surface area contributed by atoms with E-state index in [9.17, 15) is 9.00 Å². The molecular formula is C35H41ClN6O5S. The van der Waals surface area contributed by atoms with Gasteiger partial charge in [-0.2, -0.15) is 4.21 Å². The molecule has 48 heavy (non-hydrogen) atoms. The van der Waals surface area contributed by atoms with Gasteiger partial charge in [0.15, 0.2) is 11.5 Å². The summed E-state index contributed by atoms with van der Waals surface area (Å²) in [4.78, 5) is 24.2. The zero-order chi connectivity index (χ0) is 34.1. The van der Waals surface area contributed by atoms with Gasteiger partial charge in [0.05, 0.1) is 31.2 Å². The SMILES string of the molecule is [C-]#[N+]c1c(C(=O)OC2C(C)CC(C)CC2C)c2nc(-c3ccc(N4CCOCC4)c(NS(=O)Oc4cc(C)ccc4CC)c3)[nH]n2c1Cl. The van der Waals surface area contributed by atoms with E-state index in [2.05, 4.69) is 40.3 Å².